The first-order chi connectivity index (χ1) is 12.6. The molecule has 1 aromatic heterocycles. The number of hydrogen-bond donors (Lipinski definition) is 3. The van der Waals surface area contributed by atoms with Crippen molar-refractivity contribution in [3.8, 4) is 11.8 Å². The second kappa shape index (κ2) is 11.4. The predicted molar refractivity (Wildman–Crippen MR) is 121 cm³/mol. The van der Waals surface area contributed by atoms with E-state index < -0.39 is 0 Å². The number of aliphatic imine (C=N–C) groups is 1. The average Bonchev–Trinajstić information content (AvgIpc) is 2.94. The molecule has 0 spiro atoms. The smallest absolute Gasteiger partial charge is 0.191 e. The second-order valence-electron chi connectivity index (χ2n) is 6.23. The molecule has 0 unspecified atom stereocenters. The van der Waals surface area contributed by atoms with Crippen LogP contribution in [0.25, 0.3) is 5.69 Å². The van der Waals surface area contributed by atoms with Gasteiger partial charge in [-0.25, -0.2) is 4.68 Å². The molecule has 0 bridgehead atoms. The van der Waals surface area contributed by atoms with E-state index >= 15 is 0 Å². The van der Waals surface area contributed by atoms with Crippen LogP contribution in [0.2, 0.25) is 0 Å². The van der Waals surface area contributed by atoms with Crippen LogP contribution in [0, 0.1) is 11.3 Å². The van der Waals surface area contributed by atoms with E-state index in [4.69, 9.17) is 5.73 Å². The van der Waals surface area contributed by atoms with Crippen LogP contribution in [0.15, 0.2) is 35.3 Å². The Bertz CT molecular complexity index is 775. The lowest BCUT2D eigenvalue weighted by atomic mass is 10.1. The Morgan fingerprint density at radius 2 is 2.04 bits per heavy atom. The number of nitrogen functional groups attached to an aromatic ring is 1. The lowest BCUT2D eigenvalue weighted by molar-refractivity contribution is 0.695. The maximum Gasteiger partial charge on any atom is 0.191 e. The molecule has 0 amide bonds. The minimum Gasteiger partial charge on any atom is -0.382 e. The highest BCUT2D eigenvalue weighted by Gasteiger charge is 2.16. The number of guanidine groups is 1. The van der Waals surface area contributed by atoms with Crippen molar-refractivity contribution < 1.29 is 0 Å². The van der Waals surface area contributed by atoms with E-state index in [1.165, 1.54) is 0 Å². The van der Waals surface area contributed by atoms with Gasteiger partial charge in [0.05, 0.1) is 11.4 Å². The summed E-state index contributed by atoms with van der Waals surface area (Å²) in [5.74, 6) is 1.18. The zero-order valence-electron chi connectivity index (χ0n) is 16.1. The fourth-order valence-electron chi connectivity index (χ4n) is 2.57. The van der Waals surface area contributed by atoms with Gasteiger partial charge in [0.15, 0.2) is 5.96 Å². The van der Waals surface area contributed by atoms with Crippen molar-refractivity contribution in [3.63, 3.8) is 0 Å². The number of para-hydroxylation sites is 1. The number of nitriles is 1. The van der Waals surface area contributed by atoms with Crippen LogP contribution in [0.1, 0.15) is 38.4 Å². The molecule has 0 saturated heterocycles. The maximum absolute atomic E-state index is 9.44. The van der Waals surface area contributed by atoms with Crippen LogP contribution in [0.3, 0.4) is 0 Å². The highest BCUT2D eigenvalue weighted by Crippen LogP contribution is 2.21. The van der Waals surface area contributed by atoms with E-state index in [9.17, 15) is 5.26 Å². The van der Waals surface area contributed by atoms with Gasteiger partial charge in [0.25, 0.3) is 0 Å². The number of nitrogens with two attached hydrogens (primary N) is 1. The van der Waals surface area contributed by atoms with Gasteiger partial charge in [-0.3, -0.25) is 4.99 Å². The second-order valence-corrected chi connectivity index (χ2v) is 6.23. The number of aromatic nitrogens is 2. The third-order valence-corrected chi connectivity index (χ3v) is 3.72. The molecule has 2 rings (SSSR count). The molecule has 1 aromatic carbocycles. The van der Waals surface area contributed by atoms with Crippen molar-refractivity contribution in [1.82, 2.24) is 20.4 Å². The highest BCUT2D eigenvalue weighted by atomic mass is 127. The molecule has 146 valence electrons. The summed E-state index contributed by atoms with van der Waals surface area (Å²) in [6.07, 6.45) is 1.44. The third-order valence-electron chi connectivity index (χ3n) is 3.72. The van der Waals surface area contributed by atoms with Crippen molar-refractivity contribution in [2.75, 3.05) is 18.8 Å². The SMILES string of the molecule is CCNC(=NCCCc1nn(-c2ccccc2)c(N)c1C#N)NC(C)C.I. The van der Waals surface area contributed by atoms with E-state index in [1.807, 2.05) is 37.3 Å². The molecule has 27 heavy (non-hydrogen) atoms. The van der Waals surface area contributed by atoms with Gasteiger partial charge >= 0.3 is 0 Å². The number of anilines is 1. The van der Waals surface area contributed by atoms with Crippen molar-refractivity contribution in [3.05, 3.63) is 41.6 Å². The lowest BCUT2D eigenvalue weighted by Crippen LogP contribution is -2.41. The van der Waals surface area contributed by atoms with Gasteiger partial charge in [-0.05, 0) is 45.7 Å². The fraction of sp³-hybridized carbons (Fsp3) is 0.421. The van der Waals surface area contributed by atoms with Crippen LogP contribution in [0.4, 0.5) is 5.82 Å². The van der Waals surface area contributed by atoms with Gasteiger partial charge in [0.2, 0.25) is 0 Å². The molecule has 7 nitrogen and oxygen atoms in total. The number of nitrogens with zero attached hydrogens (tertiary/aromatic N) is 4. The highest BCUT2D eigenvalue weighted by molar-refractivity contribution is 14.0. The van der Waals surface area contributed by atoms with Crippen molar-refractivity contribution in [2.24, 2.45) is 4.99 Å². The molecule has 0 aliphatic heterocycles. The lowest BCUT2D eigenvalue weighted by Gasteiger charge is -2.13. The van der Waals surface area contributed by atoms with Gasteiger partial charge < -0.3 is 16.4 Å². The van der Waals surface area contributed by atoms with E-state index in [0.29, 0.717) is 36.1 Å². The topological polar surface area (TPSA) is 104 Å². The molecule has 0 atom stereocenters. The summed E-state index contributed by atoms with van der Waals surface area (Å²) >= 11 is 0. The predicted octanol–water partition coefficient (Wildman–Crippen LogP) is 2.84. The Morgan fingerprint density at radius 1 is 1.33 bits per heavy atom. The molecule has 1 heterocycles. The Hall–Kier alpha value is -2.28. The molecule has 0 fully saturated rings. The van der Waals surface area contributed by atoms with Crippen molar-refractivity contribution >= 4 is 35.8 Å². The molecule has 0 saturated carbocycles. The molecule has 0 aliphatic carbocycles. The summed E-state index contributed by atoms with van der Waals surface area (Å²) in [5, 5.41) is 20.5. The number of benzene rings is 1. The average molecular weight is 481 g/mol. The van der Waals surface area contributed by atoms with Gasteiger partial charge in [0, 0.05) is 19.1 Å². The Balaban J connectivity index is 0.00000364. The number of rotatable bonds is 7. The minimum atomic E-state index is 0. The van der Waals surface area contributed by atoms with Crippen LogP contribution >= 0.6 is 24.0 Å². The Labute approximate surface area is 178 Å². The summed E-state index contributed by atoms with van der Waals surface area (Å²) in [7, 11) is 0. The van der Waals surface area contributed by atoms with Crippen molar-refractivity contribution in [2.45, 2.75) is 39.7 Å². The molecule has 4 N–H and O–H groups in total. The summed E-state index contributed by atoms with van der Waals surface area (Å²) < 4.78 is 1.63. The van der Waals surface area contributed by atoms with E-state index in [2.05, 4.69) is 40.6 Å². The maximum atomic E-state index is 9.44. The normalized spacial score (nSPS) is 11.0. The summed E-state index contributed by atoms with van der Waals surface area (Å²) in [6.45, 7) is 7.64. The number of hydrogen-bond acceptors (Lipinski definition) is 4. The molecule has 2 aromatic rings. The molecule has 8 heteroatoms. The summed E-state index contributed by atoms with van der Waals surface area (Å²) in [6, 6.07) is 12.1. The molecular formula is C19H28IN7. The Kier molecular flexibility index (Phi) is 9.64. The first kappa shape index (κ1) is 22.8. The van der Waals surface area contributed by atoms with E-state index in [0.717, 1.165) is 24.6 Å². The van der Waals surface area contributed by atoms with Crippen LogP contribution in [-0.2, 0) is 6.42 Å². The van der Waals surface area contributed by atoms with Crippen LogP contribution in [0.5, 0.6) is 0 Å². The number of nitrogens with one attached hydrogen (secondary N) is 2. The first-order valence-electron chi connectivity index (χ1n) is 8.94. The Morgan fingerprint density at radius 3 is 2.63 bits per heavy atom. The largest absolute Gasteiger partial charge is 0.382 e. The van der Waals surface area contributed by atoms with Gasteiger partial charge in [-0.15, -0.1) is 24.0 Å². The van der Waals surface area contributed by atoms with Gasteiger partial charge in [-0.2, -0.15) is 10.4 Å². The van der Waals surface area contributed by atoms with Crippen LogP contribution in [-0.4, -0.2) is 34.9 Å². The zero-order chi connectivity index (χ0) is 18.9. The van der Waals surface area contributed by atoms with E-state index in [1.54, 1.807) is 4.68 Å². The molecule has 0 radical (unpaired) electrons. The first-order valence-corrected chi connectivity index (χ1v) is 8.94. The minimum absolute atomic E-state index is 0. The van der Waals surface area contributed by atoms with Crippen molar-refractivity contribution in [1.29, 1.82) is 5.26 Å². The molecule has 0 aliphatic rings. The summed E-state index contributed by atoms with van der Waals surface area (Å²) in [5.41, 5.74) is 8.14. The van der Waals surface area contributed by atoms with Gasteiger partial charge in [-0.1, -0.05) is 18.2 Å². The third kappa shape index (κ3) is 6.43. The number of halogens is 1. The molecular weight excluding hydrogens is 453 g/mol. The quantitative estimate of drug-likeness (QED) is 0.244. The fourth-order valence-corrected chi connectivity index (χ4v) is 2.57. The monoisotopic (exact) mass is 481 g/mol. The van der Waals surface area contributed by atoms with E-state index in [-0.39, 0.29) is 24.0 Å². The zero-order valence-corrected chi connectivity index (χ0v) is 18.4. The summed E-state index contributed by atoms with van der Waals surface area (Å²) in [4.78, 5) is 4.56. The standard InChI is InChI=1S/C19H27N7.HI/c1-4-22-19(24-14(2)3)23-12-8-11-17-16(13-20)18(21)26(25-17)15-9-6-5-7-10-15;/h5-7,9-10,14H,4,8,11-12,21H2,1-3H3,(H2,22,23,24);1H. The number of aryl methyl sites for hydroxylation is 1. The van der Waals surface area contributed by atoms with Crippen LogP contribution < -0.4 is 16.4 Å². The van der Waals surface area contributed by atoms with Gasteiger partial charge in [0.1, 0.15) is 17.5 Å².